The van der Waals surface area contributed by atoms with E-state index in [1.54, 1.807) is 7.11 Å². The fourth-order valence-electron chi connectivity index (χ4n) is 2.50. The summed E-state index contributed by atoms with van der Waals surface area (Å²) in [5.41, 5.74) is 2.73. The molecule has 1 saturated heterocycles. The van der Waals surface area contributed by atoms with Crippen LogP contribution in [0.5, 0.6) is 5.75 Å². The molecule has 1 aliphatic heterocycles. The van der Waals surface area contributed by atoms with Gasteiger partial charge in [-0.15, -0.1) is 0 Å². The summed E-state index contributed by atoms with van der Waals surface area (Å²) >= 11 is 0. The zero-order valence-electron chi connectivity index (χ0n) is 11.1. The summed E-state index contributed by atoms with van der Waals surface area (Å²) < 4.78 is 5.49. The fraction of sp³-hybridized carbons (Fsp3) is 0.600. The maximum atomic E-state index is 5.49. The average Bonchev–Trinajstić information content (AvgIpc) is 2.39. The highest BCUT2D eigenvalue weighted by atomic mass is 16.5. The topological polar surface area (TPSA) is 21.3 Å². The summed E-state index contributed by atoms with van der Waals surface area (Å²) in [6, 6.07) is 7.07. The first-order chi connectivity index (χ1) is 8.22. The molecular weight excluding hydrogens is 210 g/mol. The van der Waals surface area contributed by atoms with Crippen molar-refractivity contribution in [3.63, 3.8) is 0 Å². The molecule has 1 atom stereocenters. The Balaban J connectivity index is 2.30. The highest BCUT2D eigenvalue weighted by Crippen LogP contribution is 2.32. The van der Waals surface area contributed by atoms with Gasteiger partial charge in [0.05, 0.1) is 7.11 Å². The molecule has 0 aromatic heterocycles. The lowest BCUT2D eigenvalue weighted by Crippen LogP contribution is -2.27. The monoisotopic (exact) mass is 233 g/mol. The minimum atomic E-state index is 0.470. The second-order valence-corrected chi connectivity index (χ2v) is 5.16. The van der Waals surface area contributed by atoms with E-state index in [9.17, 15) is 0 Å². The van der Waals surface area contributed by atoms with Crippen molar-refractivity contribution in [3.05, 3.63) is 29.3 Å². The predicted molar refractivity (Wildman–Crippen MR) is 71.7 cm³/mol. The van der Waals surface area contributed by atoms with E-state index < -0.39 is 0 Å². The van der Waals surface area contributed by atoms with Gasteiger partial charge >= 0.3 is 0 Å². The van der Waals surface area contributed by atoms with E-state index in [2.05, 4.69) is 37.4 Å². The number of hydrogen-bond acceptors (Lipinski definition) is 2. The van der Waals surface area contributed by atoms with E-state index in [1.807, 2.05) is 0 Å². The third-order valence-electron chi connectivity index (χ3n) is 3.61. The van der Waals surface area contributed by atoms with Gasteiger partial charge in [0.15, 0.2) is 0 Å². The molecule has 0 spiro atoms. The van der Waals surface area contributed by atoms with Crippen LogP contribution in [0.2, 0.25) is 0 Å². The van der Waals surface area contributed by atoms with Crippen LogP contribution in [0.25, 0.3) is 0 Å². The zero-order chi connectivity index (χ0) is 12.3. The lowest BCUT2D eigenvalue weighted by Gasteiger charge is -2.26. The lowest BCUT2D eigenvalue weighted by atomic mass is 9.92. The Labute approximate surface area is 104 Å². The van der Waals surface area contributed by atoms with Crippen LogP contribution >= 0.6 is 0 Å². The first-order valence-corrected chi connectivity index (χ1v) is 6.63. The fourth-order valence-corrected chi connectivity index (χ4v) is 2.50. The number of hydrogen-bond donors (Lipinski definition) is 1. The van der Waals surface area contributed by atoms with E-state index in [4.69, 9.17) is 4.74 Å². The number of methoxy groups -OCH3 is 1. The Kier molecular flexibility index (Phi) is 4.06. The summed E-state index contributed by atoms with van der Waals surface area (Å²) in [6.45, 7) is 5.60. The summed E-state index contributed by atoms with van der Waals surface area (Å²) in [5.74, 6) is 1.59. The Hall–Kier alpha value is -1.02. The lowest BCUT2D eigenvalue weighted by molar-refractivity contribution is 0.373. The van der Waals surface area contributed by atoms with Crippen molar-refractivity contribution in [2.24, 2.45) is 0 Å². The largest absolute Gasteiger partial charge is 0.496 e. The first-order valence-electron chi connectivity index (χ1n) is 6.63. The molecule has 2 nitrogen and oxygen atoms in total. The second kappa shape index (κ2) is 5.54. The van der Waals surface area contributed by atoms with E-state index in [0.29, 0.717) is 12.0 Å². The standard InChI is InChI=1S/C15H23NO/c1-11(2)12-7-8-15(17-3)13(10-12)14-6-4-5-9-16-14/h7-8,10-11,14,16H,4-6,9H2,1-3H3/t14-/m1/s1. The SMILES string of the molecule is COc1ccc(C(C)C)cc1[C@H]1CCCCN1. The third-order valence-corrected chi connectivity index (χ3v) is 3.61. The molecule has 0 amide bonds. The maximum Gasteiger partial charge on any atom is 0.123 e. The minimum absolute atomic E-state index is 0.470. The smallest absolute Gasteiger partial charge is 0.123 e. The van der Waals surface area contributed by atoms with E-state index in [0.717, 1.165) is 12.3 Å². The molecule has 0 saturated carbocycles. The van der Waals surface area contributed by atoms with Crippen molar-refractivity contribution in [3.8, 4) is 5.75 Å². The van der Waals surface area contributed by atoms with Gasteiger partial charge in [0.1, 0.15) is 5.75 Å². The van der Waals surface area contributed by atoms with Crippen molar-refractivity contribution in [2.75, 3.05) is 13.7 Å². The molecule has 94 valence electrons. The van der Waals surface area contributed by atoms with Gasteiger partial charge in [-0.2, -0.15) is 0 Å². The first kappa shape index (κ1) is 12.4. The molecule has 17 heavy (non-hydrogen) atoms. The number of rotatable bonds is 3. The van der Waals surface area contributed by atoms with Crippen molar-refractivity contribution >= 4 is 0 Å². The number of ether oxygens (including phenoxy) is 1. The van der Waals surface area contributed by atoms with Gasteiger partial charge < -0.3 is 10.1 Å². The molecule has 1 fully saturated rings. The Morgan fingerprint density at radius 2 is 2.12 bits per heavy atom. The van der Waals surface area contributed by atoms with Gasteiger partial charge in [-0.25, -0.2) is 0 Å². The Morgan fingerprint density at radius 1 is 1.29 bits per heavy atom. The maximum absolute atomic E-state index is 5.49. The van der Waals surface area contributed by atoms with Crippen LogP contribution in [0.4, 0.5) is 0 Å². The molecule has 1 aromatic carbocycles. The third kappa shape index (κ3) is 2.81. The molecule has 2 heteroatoms. The van der Waals surface area contributed by atoms with Crippen LogP contribution in [0.1, 0.15) is 56.2 Å². The average molecular weight is 233 g/mol. The van der Waals surface area contributed by atoms with Crippen molar-refractivity contribution < 1.29 is 4.74 Å². The minimum Gasteiger partial charge on any atom is -0.496 e. The highest BCUT2D eigenvalue weighted by Gasteiger charge is 2.19. The van der Waals surface area contributed by atoms with E-state index >= 15 is 0 Å². The van der Waals surface area contributed by atoms with E-state index in [1.165, 1.54) is 30.4 Å². The summed E-state index contributed by atoms with van der Waals surface area (Å²) in [6.07, 6.45) is 3.83. The van der Waals surface area contributed by atoms with Crippen molar-refractivity contribution in [1.82, 2.24) is 5.32 Å². The highest BCUT2D eigenvalue weighted by molar-refractivity contribution is 5.40. The molecule has 1 aliphatic rings. The van der Waals surface area contributed by atoms with Gasteiger partial charge in [0, 0.05) is 11.6 Å². The van der Waals surface area contributed by atoms with Gasteiger partial charge in [-0.1, -0.05) is 32.4 Å². The van der Waals surface area contributed by atoms with Crippen molar-refractivity contribution in [2.45, 2.75) is 45.1 Å². The molecular formula is C15H23NO. The van der Waals surface area contributed by atoms with E-state index in [-0.39, 0.29) is 0 Å². The van der Waals surface area contributed by atoms with Crippen LogP contribution in [-0.4, -0.2) is 13.7 Å². The van der Waals surface area contributed by atoms with Crippen LogP contribution in [0.3, 0.4) is 0 Å². The summed E-state index contributed by atoms with van der Waals surface area (Å²) in [5, 5.41) is 3.60. The number of benzene rings is 1. The molecule has 2 rings (SSSR count). The molecule has 0 bridgehead atoms. The predicted octanol–water partition coefficient (Wildman–Crippen LogP) is 3.63. The van der Waals surface area contributed by atoms with Crippen LogP contribution < -0.4 is 10.1 Å². The molecule has 0 unspecified atom stereocenters. The molecule has 1 N–H and O–H groups in total. The summed E-state index contributed by atoms with van der Waals surface area (Å²) in [4.78, 5) is 0. The van der Waals surface area contributed by atoms with Gasteiger partial charge in [-0.05, 0) is 36.9 Å². The number of piperidine rings is 1. The quantitative estimate of drug-likeness (QED) is 0.860. The second-order valence-electron chi connectivity index (χ2n) is 5.16. The molecule has 1 aromatic rings. The zero-order valence-corrected chi connectivity index (χ0v) is 11.1. The Bertz CT molecular complexity index is 367. The Morgan fingerprint density at radius 3 is 2.71 bits per heavy atom. The van der Waals surface area contributed by atoms with Gasteiger partial charge in [0.2, 0.25) is 0 Å². The van der Waals surface area contributed by atoms with Crippen LogP contribution in [0.15, 0.2) is 18.2 Å². The van der Waals surface area contributed by atoms with Crippen LogP contribution in [-0.2, 0) is 0 Å². The molecule has 1 heterocycles. The molecule has 0 aliphatic carbocycles. The summed E-state index contributed by atoms with van der Waals surface area (Å²) in [7, 11) is 1.76. The molecule has 0 radical (unpaired) electrons. The normalized spacial score (nSPS) is 20.6. The van der Waals surface area contributed by atoms with Gasteiger partial charge in [0.25, 0.3) is 0 Å². The van der Waals surface area contributed by atoms with Crippen molar-refractivity contribution in [1.29, 1.82) is 0 Å². The van der Waals surface area contributed by atoms with Crippen LogP contribution in [0, 0.1) is 0 Å². The van der Waals surface area contributed by atoms with Gasteiger partial charge in [-0.3, -0.25) is 0 Å². The number of nitrogens with one attached hydrogen (secondary N) is 1.